The Morgan fingerprint density at radius 2 is 2.08 bits per heavy atom. The third kappa shape index (κ3) is 3.84. The van der Waals surface area contributed by atoms with Crippen molar-refractivity contribution >= 4 is 17.6 Å². The van der Waals surface area contributed by atoms with Crippen LogP contribution in [0.3, 0.4) is 0 Å². The van der Waals surface area contributed by atoms with Gasteiger partial charge in [0.25, 0.3) is 0 Å². The number of aryl methyl sites for hydroxylation is 1. The molecule has 1 saturated heterocycles. The van der Waals surface area contributed by atoms with E-state index < -0.39 is 5.97 Å². The Morgan fingerprint density at radius 1 is 1.35 bits per heavy atom. The van der Waals surface area contributed by atoms with Crippen LogP contribution in [0.25, 0.3) is 0 Å². The van der Waals surface area contributed by atoms with E-state index in [1.54, 1.807) is 13.3 Å². The third-order valence-corrected chi connectivity index (χ3v) is 5.27. The van der Waals surface area contributed by atoms with E-state index in [4.69, 9.17) is 16.3 Å². The first-order valence-electron chi connectivity index (χ1n) is 8.73. The summed E-state index contributed by atoms with van der Waals surface area (Å²) >= 11 is 6.28. The SMILES string of the molecule is COc1ccc(Cl)cc1C(c1ncccc1C)N1CCC(C(=O)O)CC1. The second kappa shape index (κ2) is 8.06. The summed E-state index contributed by atoms with van der Waals surface area (Å²) < 4.78 is 5.59. The summed E-state index contributed by atoms with van der Waals surface area (Å²) in [5, 5.41) is 9.93. The number of hydrogen-bond acceptors (Lipinski definition) is 4. The summed E-state index contributed by atoms with van der Waals surface area (Å²) in [6.45, 7) is 3.41. The summed E-state index contributed by atoms with van der Waals surface area (Å²) in [5.41, 5.74) is 2.98. The van der Waals surface area contributed by atoms with E-state index in [2.05, 4.69) is 9.88 Å². The van der Waals surface area contributed by atoms with Crippen LogP contribution in [0.2, 0.25) is 5.02 Å². The van der Waals surface area contributed by atoms with Gasteiger partial charge in [0.2, 0.25) is 0 Å². The fraction of sp³-hybridized carbons (Fsp3) is 0.400. The minimum Gasteiger partial charge on any atom is -0.496 e. The number of pyridine rings is 1. The number of rotatable bonds is 5. The molecule has 2 heterocycles. The summed E-state index contributed by atoms with van der Waals surface area (Å²) in [6, 6.07) is 9.43. The number of likely N-dealkylation sites (tertiary alicyclic amines) is 1. The highest BCUT2D eigenvalue weighted by molar-refractivity contribution is 6.30. The Labute approximate surface area is 158 Å². The van der Waals surface area contributed by atoms with Crippen LogP contribution >= 0.6 is 11.6 Å². The molecule has 0 saturated carbocycles. The van der Waals surface area contributed by atoms with E-state index in [0.29, 0.717) is 31.0 Å². The van der Waals surface area contributed by atoms with Gasteiger partial charge in [0.15, 0.2) is 0 Å². The third-order valence-electron chi connectivity index (χ3n) is 5.04. The van der Waals surface area contributed by atoms with Gasteiger partial charge in [0.05, 0.1) is 24.8 Å². The van der Waals surface area contributed by atoms with Crippen molar-refractivity contribution in [1.29, 1.82) is 0 Å². The number of nitrogens with zero attached hydrogens (tertiary/aromatic N) is 2. The van der Waals surface area contributed by atoms with Crippen LogP contribution < -0.4 is 4.74 Å². The number of carboxylic acid groups (broad SMARTS) is 1. The largest absolute Gasteiger partial charge is 0.496 e. The molecule has 138 valence electrons. The number of methoxy groups -OCH3 is 1. The Hall–Kier alpha value is -2.11. The van der Waals surface area contributed by atoms with E-state index in [-0.39, 0.29) is 12.0 Å². The van der Waals surface area contributed by atoms with Gasteiger partial charge in [-0.3, -0.25) is 14.7 Å². The predicted octanol–water partition coefficient (Wildman–Crippen LogP) is 3.94. The number of aliphatic carboxylic acids is 1. The highest BCUT2D eigenvalue weighted by atomic mass is 35.5. The molecule has 6 heteroatoms. The standard InChI is InChI=1S/C20H23ClN2O3/c1-13-4-3-9-22-18(13)19(16-12-15(21)5-6-17(16)26-2)23-10-7-14(8-11-23)20(24)25/h3-6,9,12,14,19H,7-8,10-11H2,1-2H3,(H,24,25). The maximum Gasteiger partial charge on any atom is 0.306 e. The number of carboxylic acids is 1. The van der Waals surface area contributed by atoms with E-state index >= 15 is 0 Å². The molecule has 1 aliphatic heterocycles. The molecule has 0 aliphatic carbocycles. The van der Waals surface area contributed by atoms with Crippen molar-refractivity contribution in [3.05, 3.63) is 58.4 Å². The van der Waals surface area contributed by atoms with Crippen molar-refractivity contribution in [3.63, 3.8) is 0 Å². The van der Waals surface area contributed by atoms with Crippen molar-refractivity contribution < 1.29 is 14.6 Å². The molecule has 0 spiro atoms. The molecule has 0 amide bonds. The predicted molar refractivity (Wildman–Crippen MR) is 101 cm³/mol. The molecule has 1 aliphatic rings. The minimum absolute atomic E-state index is 0.125. The van der Waals surface area contributed by atoms with E-state index in [9.17, 15) is 9.90 Å². The number of hydrogen-bond donors (Lipinski definition) is 1. The maximum atomic E-state index is 11.3. The first-order chi connectivity index (χ1) is 12.5. The van der Waals surface area contributed by atoms with Gasteiger partial charge in [-0.15, -0.1) is 0 Å². The fourth-order valence-electron chi connectivity index (χ4n) is 3.62. The van der Waals surface area contributed by atoms with Gasteiger partial charge in [-0.2, -0.15) is 0 Å². The van der Waals surface area contributed by atoms with E-state index in [0.717, 1.165) is 22.6 Å². The summed E-state index contributed by atoms with van der Waals surface area (Å²) in [7, 11) is 1.64. The smallest absolute Gasteiger partial charge is 0.306 e. The second-order valence-corrected chi connectivity index (χ2v) is 7.08. The van der Waals surface area contributed by atoms with Crippen molar-refractivity contribution in [2.75, 3.05) is 20.2 Å². The lowest BCUT2D eigenvalue weighted by molar-refractivity contribution is -0.143. The lowest BCUT2D eigenvalue weighted by atomic mass is 9.91. The molecule has 0 bridgehead atoms. The van der Waals surface area contributed by atoms with Crippen LogP contribution in [-0.4, -0.2) is 41.2 Å². The van der Waals surface area contributed by atoms with E-state index in [1.807, 2.05) is 37.3 Å². The average molecular weight is 375 g/mol. The van der Waals surface area contributed by atoms with Crippen LogP contribution in [-0.2, 0) is 4.79 Å². The summed E-state index contributed by atoms with van der Waals surface area (Å²) in [6.07, 6.45) is 3.04. The van der Waals surface area contributed by atoms with Gasteiger partial charge >= 0.3 is 5.97 Å². The number of aromatic nitrogens is 1. The van der Waals surface area contributed by atoms with Gasteiger partial charge in [-0.25, -0.2) is 0 Å². The van der Waals surface area contributed by atoms with Gasteiger partial charge in [0, 0.05) is 16.8 Å². The maximum absolute atomic E-state index is 11.3. The van der Waals surface area contributed by atoms with Gasteiger partial charge in [-0.05, 0) is 62.7 Å². The molecular formula is C20H23ClN2O3. The lowest BCUT2D eigenvalue weighted by Crippen LogP contribution is -2.39. The Bertz CT molecular complexity index is 788. The molecular weight excluding hydrogens is 352 g/mol. The Kier molecular flexibility index (Phi) is 5.79. The van der Waals surface area contributed by atoms with Crippen LogP contribution in [0.5, 0.6) is 5.75 Å². The van der Waals surface area contributed by atoms with Crippen LogP contribution in [0.15, 0.2) is 36.5 Å². The van der Waals surface area contributed by atoms with Crippen molar-refractivity contribution in [2.45, 2.75) is 25.8 Å². The van der Waals surface area contributed by atoms with E-state index in [1.165, 1.54) is 0 Å². The fourth-order valence-corrected chi connectivity index (χ4v) is 3.81. The molecule has 2 aromatic rings. The molecule has 1 atom stereocenters. The number of ether oxygens (including phenoxy) is 1. The quantitative estimate of drug-likeness (QED) is 0.858. The monoisotopic (exact) mass is 374 g/mol. The van der Waals surface area contributed by atoms with Gasteiger partial charge < -0.3 is 9.84 Å². The van der Waals surface area contributed by atoms with Crippen LogP contribution in [0.1, 0.15) is 35.7 Å². The zero-order valence-corrected chi connectivity index (χ0v) is 15.7. The lowest BCUT2D eigenvalue weighted by Gasteiger charge is -2.37. The van der Waals surface area contributed by atoms with Crippen molar-refractivity contribution in [2.24, 2.45) is 5.92 Å². The minimum atomic E-state index is -0.712. The topological polar surface area (TPSA) is 62.7 Å². The zero-order chi connectivity index (χ0) is 18.7. The molecule has 0 radical (unpaired) electrons. The van der Waals surface area contributed by atoms with Gasteiger partial charge in [-0.1, -0.05) is 17.7 Å². The highest BCUT2D eigenvalue weighted by Gasteiger charge is 2.33. The van der Waals surface area contributed by atoms with Crippen molar-refractivity contribution in [1.82, 2.24) is 9.88 Å². The number of piperidine rings is 1. The molecule has 1 aromatic carbocycles. The molecule has 3 rings (SSSR count). The molecule has 5 nitrogen and oxygen atoms in total. The van der Waals surface area contributed by atoms with Crippen molar-refractivity contribution in [3.8, 4) is 5.75 Å². The second-order valence-electron chi connectivity index (χ2n) is 6.64. The first kappa shape index (κ1) is 18.7. The normalized spacial score (nSPS) is 17.0. The first-order valence-corrected chi connectivity index (χ1v) is 9.11. The van der Waals surface area contributed by atoms with Gasteiger partial charge in [0.1, 0.15) is 5.75 Å². The van der Waals surface area contributed by atoms with Crippen LogP contribution in [0.4, 0.5) is 0 Å². The molecule has 1 N–H and O–H groups in total. The van der Waals surface area contributed by atoms with Crippen LogP contribution in [0, 0.1) is 12.8 Å². The Balaban J connectivity index is 2.03. The summed E-state index contributed by atoms with van der Waals surface area (Å²) in [5.74, 6) is -0.238. The molecule has 1 fully saturated rings. The zero-order valence-electron chi connectivity index (χ0n) is 15.0. The Morgan fingerprint density at radius 3 is 2.69 bits per heavy atom. The summed E-state index contributed by atoms with van der Waals surface area (Å²) in [4.78, 5) is 18.2. The average Bonchev–Trinajstić information content (AvgIpc) is 2.64. The number of benzene rings is 1. The number of carbonyl (C=O) groups is 1. The number of halogens is 1. The highest BCUT2D eigenvalue weighted by Crippen LogP contribution is 2.38. The molecule has 1 unspecified atom stereocenters. The molecule has 1 aromatic heterocycles. The molecule has 26 heavy (non-hydrogen) atoms.